The van der Waals surface area contributed by atoms with Crippen molar-refractivity contribution >= 4 is 23.4 Å². The summed E-state index contributed by atoms with van der Waals surface area (Å²) < 4.78 is 45.5. The fourth-order valence-corrected chi connectivity index (χ4v) is 2.24. The Balaban J connectivity index is 2.18. The van der Waals surface area contributed by atoms with Crippen molar-refractivity contribution in [1.82, 2.24) is 10.2 Å². The molecule has 2 aliphatic heterocycles. The molecular formula is C13H12FN3O3. The molecule has 2 aliphatic rings. The van der Waals surface area contributed by atoms with Crippen LogP contribution in [0.25, 0.3) is 0 Å². The largest absolute Gasteiger partial charge is 0.398 e. The van der Waals surface area contributed by atoms with E-state index in [4.69, 9.17) is 11.2 Å². The number of rotatable bonds is 1. The standard InChI is InChI=1S/C13H12FN3O3/c14-6-3-7-8(9(15)4-6)5-17(13(7)20)10-1-2-11(18)16-12(10)19/h3-4,10H,1-2,5,15H2,(H,16,18,19)/i3D,4D,5D2. The highest BCUT2D eigenvalue weighted by Crippen LogP contribution is 2.31. The van der Waals surface area contributed by atoms with Gasteiger partial charge < -0.3 is 10.6 Å². The summed E-state index contributed by atoms with van der Waals surface area (Å²) in [6.07, 6.45) is -0.193. The van der Waals surface area contributed by atoms with E-state index >= 15 is 0 Å². The van der Waals surface area contributed by atoms with Gasteiger partial charge >= 0.3 is 0 Å². The number of carbonyl (C=O) groups excluding carboxylic acids is 3. The zero-order chi connectivity index (χ0) is 18.0. The average Bonchev–Trinajstić information content (AvgIpc) is 2.70. The lowest BCUT2D eigenvalue weighted by atomic mass is 10.0. The van der Waals surface area contributed by atoms with Crippen LogP contribution in [0, 0.1) is 5.82 Å². The van der Waals surface area contributed by atoms with Gasteiger partial charge in [-0.25, -0.2) is 4.39 Å². The molecule has 0 saturated carbocycles. The number of carbonyl (C=O) groups is 3. The highest BCUT2D eigenvalue weighted by molar-refractivity contribution is 6.06. The predicted molar refractivity (Wildman–Crippen MR) is 66.9 cm³/mol. The summed E-state index contributed by atoms with van der Waals surface area (Å²) in [6.45, 7) is -2.61. The number of benzene rings is 1. The number of hydrogen-bond acceptors (Lipinski definition) is 4. The van der Waals surface area contributed by atoms with Gasteiger partial charge in [0.15, 0.2) is 0 Å². The van der Waals surface area contributed by atoms with Gasteiger partial charge in [-0.05, 0) is 18.5 Å². The summed E-state index contributed by atoms with van der Waals surface area (Å²) in [5.74, 6) is -3.80. The van der Waals surface area contributed by atoms with E-state index < -0.39 is 65.0 Å². The Hall–Kier alpha value is -2.44. The van der Waals surface area contributed by atoms with Crippen LogP contribution >= 0.6 is 0 Å². The van der Waals surface area contributed by atoms with E-state index in [9.17, 15) is 18.8 Å². The van der Waals surface area contributed by atoms with Crippen LogP contribution in [0.1, 0.15) is 34.2 Å². The van der Waals surface area contributed by atoms with Crippen LogP contribution in [0.5, 0.6) is 0 Å². The lowest BCUT2D eigenvalue weighted by molar-refractivity contribution is -0.136. The zero-order valence-electron chi connectivity index (χ0n) is 14.1. The van der Waals surface area contributed by atoms with Crippen molar-refractivity contribution in [3.63, 3.8) is 0 Å². The molecule has 6 nitrogen and oxygen atoms in total. The summed E-state index contributed by atoms with van der Waals surface area (Å²) in [4.78, 5) is 36.4. The number of nitrogens with two attached hydrogens (primary N) is 1. The van der Waals surface area contributed by atoms with Crippen molar-refractivity contribution in [3.8, 4) is 0 Å². The van der Waals surface area contributed by atoms with E-state index in [2.05, 4.69) is 0 Å². The van der Waals surface area contributed by atoms with E-state index in [0.717, 1.165) is 0 Å². The van der Waals surface area contributed by atoms with Crippen molar-refractivity contribution in [2.45, 2.75) is 25.4 Å². The third-order valence-electron chi connectivity index (χ3n) is 3.19. The molecule has 104 valence electrons. The Morgan fingerprint density at radius 3 is 2.90 bits per heavy atom. The number of nitrogen functional groups attached to an aromatic ring is 1. The second kappa shape index (κ2) is 4.29. The number of nitrogens with zero attached hydrogens (tertiary/aromatic N) is 1. The van der Waals surface area contributed by atoms with Crippen molar-refractivity contribution in [1.29, 1.82) is 0 Å². The molecular weight excluding hydrogens is 265 g/mol. The van der Waals surface area contributed by atoms with Gasteiger partial charge in [0.1, 0.15) is 11.9 Å². The third kappa shape index (κ3) is 1.82. The van der Waals surface area contributed by atoms with Gasteiger partial charge in [0, 0.05) is 29.7 Å². The Morgan fingerprint density at radius 2 is 2.20 bits per heavy atom. The van der Waals surface area contributed by atoms with Gasteiger partial charge in [-0.1, -0.05) is 0 Å². The van der Waals surface area contributed by atoms with E-state index in [1.807, 2.05) is 5.32 Å². The van der Waals surface area contributed by atoms with Gasteiger partial charge in [-0.2, -0.15) is 0 Å². The number of nitrogens with one attached hydrogen (secondary N) is 1. The van der Waals surface area contributed by atoms with Crippen LogP contribution in [-0.2, 0) is 16.1 Å². The molecule has 0 radical (unpaired) electrons. The van der Waals surface area contributed by atoms with Gasteiger partial charge in [0.25, 0.3) is 5.91 Å². The average molecular weight is 281 g/mol. The Kier molecular flexibility index (Phi) is 1.86. The first kappa shape index (κ1) is 8.68. The monoisotopic (exact) mass is 281 g/mol. The molecule has 1 fully saturated rings. The van der Waals surface area contributed by atoms with E-state index in [0.29, 0.717) is 4.90 Å². The molecule has 0 aromatic heterocycles. The molecule has 3 amide bonds. The molecule has 1 atom stereocenters. The summed E-state index contributed by atoms with van der Waals surface area (Å²) >= 11 is 0. The van der Waals surface area contributed by atoms with Gasteiger partial charge in [0.2, 0.25) is 11.8 Å². The molecule has 1 aromatic carbocycles. The number of imide groups is 1. The van der Waals surface area contributed by atoms with E-state index in [1.54, 1.807) is 0 Å². The summed E-state index contributed by atoms with van der Waals surface area (Å²) in [5.41, 5.74) is 3.92. The van der Waals surface area contributed by atoms with Crippen molar-refractivity contribution in [2.75, 3.05) is 5.73 Å². The molecule has 2 heterocycles. The number of hydrogen-bond donors (Lipinski definition) is 2. The fourth-order valence-electron chi connectivity index (χ4n) is 2.24. The number of fused-ring (bicyclic) bond motifs is 1. The minimum Gasteiger partial charge on any atom is -0.398 e. The van der Waals surface area contributed by atoms with Crippen LogP contribution in [0.2, 0.25) is 0 Å². The predicted octanol–water partition coefficient (Wildman–Crippen LogP) is 0.169. The van der Waals surface area contributed by atoms with E-state index in [-0.39, 0.29) is 12.8 Å². The highest BCUT2D eigenvalue weighted by Gasteiger charge is 2.39. The lowest BCUT2D eigenvalue weighted by Gasteiger charge is -2.29. The minimum atomic E-state index is -2.61. The summed E-state index contributed by atoms with van der Waals surface area (Å²) in [6, 6.07) is -3.11. The zero-order valence-corrected chi connectivity index (χ0v) is 10.1. The molecule has 1 unspecified atom stereocenters. The normalized spacial score (nSPS) is 27.4. The summed E-state index contributed by atoms with van der Waals surface area (Å²) in [5, 5.41) is 2.02. The first-order valence-electron chi connectivity index (χ1n) is 7.85. The van der Waals surface area contributed by atoms with Crippen LogP contribution in [-0.4, -0.2) is 28.7 Å². The molecule has 0 aliphatic carbocycles. The maximum atomic E-state index is 13.9. The number of piperidine rings is 1. The Labute approximate surface area is 119 Å². The number of halogens is 1. The molecule has 20 heavy (non-hydrogen) atoms. The topological polar surface area (TPSA) is 92.5 Å². The molecule has 3 rings (SSSR count). The van der Waals surface area contributed by atoms with Crippen LogP contribution in [0.15, 0.2) is 12.1 Å². The fraction of sp³-hybridized carbons (Fsp3) is 0.308. The third-order valence-corrected chi connectivity index (χ3v) is 3.19. The van der Waals surface area contributed by atoms with Crippen molar-refractivity contribution < 1.29 is 24.3 Å². The first-order chi connectivity index (χ1) is 11.1. The Bertz CT molecular complexity index is 814. The Morgan fingerprint density at radius 1 is 1.45 bits per heavy atom. The number of anilines is 1. The molecule has 7 heteroatoms. The van der Waals surface area contributed by atoms with Gasteiger partial charge in [-0.15, -0.1) is 0 Å². The smallest absolute Gasteiger partial charge is 0.255 e. The maximum absolute atomic E-state index is 13.9. The lowest BCUT2D eigenvalue weighted by Crippen LogP contribution is -2.52. The van der Waals surface area contributed by atoms with Gasteiger partial charge in [-0.3, -0.25) is 19.7 Å². The molecule has 0 spiro atoms. The second-order valence-corrected chi connectivity index (χ2v) is 4.48. The second-order valence-electron chi connectivity index (χ2n) is 4.48. The maximum Gasteiger partial charge on any atom is 0.255 e. The SMILES string of the molecule is [2H]c1c(N)c2c(c([2H])c1F)C(=O)N(C1CCC(=O)NC1=O)C2([2H])[2H]. The van der Waals surface area contributed by atoms with Crippen LogP contribution in [0.3, 0.4) is 0 Å². The van der Waals surface area contributed by atoms with Gasteiger partial charge in [0.05, 0.1) is 5.48 Å². The van der Waals surface area contributed by atoms with Crippen molar-refractivity contribution in [3.05, 3.63) is 29.0 Å². The van der Waals surface area contributed by atoms with Crippen LogP contribution < -0.4 is 11.1 Å². The summed E-state index contributed by atoms with van der Waals surface area (Å²) in [7, 11) is 0. The quantitative estimate of drug-likeness (QED) is 0.567. The molecule has 1 aromatic rings. The number of amides is 3. The first-order valence-corrected chi connectivity index (χ1v) is 5.85. The minimum absolute atomic E-state index is 0.0894. The van der Waals surface area contributed by atoms with Crippen LogP contribution in [0.4, 0.5) is 10.1 Å². The van der Waals surface area contributed by atoms with Crippen molar-refractivity contribution in [2.24, 2.45) is 0 Å². The molecule has 1 saturated heterocycles. The molecule has 3 N–H and O–H groups in total. The molecule has 0 bridgehead atoms. The highest BCUT2D eigenvalue weighted by atomic mass is 19.1. The van der Waals surface area contributed by atoms with E-state index in [1.165, 1.54) is 0 Å².